The summed E-state index contributed by atoms with van der Waals surface area (Å²) in [6.07, 6.45) is 0.532. The molecule has 3 nitrogen and oxygen atoms in total. The number of carbonyl (C=O) groups excluding carboxylic acids is 1. The second-order valence-electron chi connectivity index (χ2n) is 3.49. The molecule has 0 saturated heterocycles. The minimum Gasteiger partial charge on any atom is -0.319 e. The third kappa shape index (κ3) is 2.29. The number of pyridine rings is 1. The van der Waals surface area contributed by atoms with Crippen LogP contribution in [0.25, 0.3) is 11.1 Å². The number of hydrogen-bond acceptors (Lipinski definition) is 2. The Hall–Kier alpha value is -1.29. The fourth-order valence-corrected chi connectivity index (χ4v) is 2.31. The van der Waals surface area contributed by atoms with Crippen LogP contribution in [0.3, 0.4) is 0 Å². The van der Waals surface area contributed by atoms with Gasteiger partial charge in [-0.05, 0) is 18.2 Å². The van der Waals surface area contributed by atoms with Crippen molar-refractivity contribution in [2.45, 2.75) is 0 Å². The molecule has 1 N–H and O–H groups in total. The maximum Gasteiger partial charge on any atom is 0.248 e. The van der Waals surface area contributed by atoms with Gasteiger partial charge in [-0.25, -0.2) is 0 Å². The predicted molar refractivity (Wildman–Crippen MR) is 72.9 cm³/mol. The second-order valence-corrected chi connectivity index (χ2v) is 4.68. The molecule has 0 unspecified atom stereocenters. The van der Waals surface area contributed by atoms with Crippen LogP contribution in [0.4, 0.5) is 0 Å². The zero-order valence-electron chi connectivity index (χ0n) is 8.84. The van der Waals surface area contributed by atoms with E-state index < -0.39 is 0 Å². The van der Waals surface area contributed by atoms with Crippen molar-refractivity contribution in [3.8, 4) is 11.1 Å². The summed E-state index contributed by atoms with van der Waals surface area (Å²) in [5.74, 6) is 0. The molecule has 0 amide bonds. The standard InChI is InChI=1S/C12H6Cl3NO2/c13-7-2-3-8(14)12(15)11(7)6-1-4-10(18)16-9(6)5-17/h1-5H,(H,16,18). The van der Waals surface area contributed by atoms with Crippen LogP contribution in [0.15, 0.2) is 29.1 Å². The first-order valence-electron chi connectivity index (χ1n) is 4.87. The molecule has 0 bridgehead atoms. The van der Waals surface area contributed by atoms with Crippen LogP contribution in [-0.2, 0) is 0 Å². The van der Waals surface area contributed by atoms with Crippen LogP contribution in [0.2, 0.25) is 15.1 Å². The van der Waals surface area contributed by atoms with Gasteiger partial charge in [0.15, 0.2) is 6.29 Å². The van der Waals surface area contributed by atoms with E-state index >= 15 is 0 Å². The molecule has 1 aromatic heterocycles. The van der Waals surface area contributed by atoms with Gasteiger partial charge in [0.1, 0.15) is 0 Å². The third-order valence-electron chi connectivity index (χ3n) is 2.38. The molecule has 92 valence electrons. The van der Waals surface area contributed by atoms with Crippen molar-refractivity contribution >= 4 is 41.1 Å². The molecule has 0 radical (unpaired) electrons. The lowest BCUT2D eigenvalue weighted by molar-refractivity contribution is 0.111. The summed E-state index contributed by atoms with van der Waals surface area (Å²) in [5.41, 5.74) is 0.579. The molecule has 0 aliphatic heterocycles. The fraction of sp³-hybridized carbons (Fsp3) is 0. The monoisotopic (exact) mass is 301 g/mol. The average molecular weight is 303 g/mol. The first kappa shape index (κ1) is 13.1. The number of H-pyrrole nitrogens is 1. The van der Waals surface area contributed by atoms with Gasteiger partial charge >= 0.3 is 0 Å². The van der Waals surface area contributed by atoms with Gasteiger partial charge in [-0.1, -0.05) is 34.8 Å². The van der Waals surface area contributed by atoms with E-state index in [2.05, 4.69) is 4.98 Å². The summed E-state index contributed by atoms with van der Waals surface area (Å²) < 4.78 is 0. The molecule has 0 aliphatic carbocycles. The average Bonchev–Trinajstić information content (AvgIpc) is 2.36. The Bertz CT molecular complexity index is 680. The van der Waals surface area contributed by atoms with Gasteiger partial charge in [0.2, 0.25) is 5.56 Å². The topological polar surface area (TPSA) is 49.9 Å². The molecule has 0 fully saturated rings. The highest BCUT2D eigenvalue weighted by atomic mass is 35.5. The number of halogens is 3. The number of aromatic amines is 1. The maximum atomic E-state index is 11.2. The highest BCUT2D eigenvalue weighted by molar-refractivity contribution is 6.46. The summed E-state index contributed by atoms with van der Waals surface area (Å²) in [5, 5.41) is 0.901. The van der Waals surface area contributed by atoms with E-state index in [1.807, 2.05) is 0 Å². The van der Waals surface area contributed by atoms with Gasteiger partial charge in [0.05, 0.1) is 20.8 Å². The van der Waals surface area contributed by atoms with Crippen LogP contribution in [0, 0.1) is 0 Å². The van der Waals surface area contributed by atoms with Crippen molar-refractivity contribution in [1.82, 2.24) is 4.98 Å². The van der Waals surface area contributed by atoms with E-state index in [1.54, 1.807) is 12.1 Å². The number of rotatable bonds is 2. The summed E-state index contributed by atoms with van der Waals surface area (Å²) >= 11 is 18.0. The molecule has 18 heavy (non-hydrogen) atoms. The number of benzene rings is 1. The zero-order valence-corrected chi connectivity index (χ0v) is 11.1. The maximum absolute atomic E-state index is 11.2. The molecular weight excluding hydrogens is 296 g/mol. The van der Waals surface area contributed by atoms with Gasteiger partial charge < -0.3 is 4.98 Å². The minimum atomic E-state index is -0.380. The van der Waals surface area contributed by atoms with Gasteiger partial charge in [0, 0.05) is 17.2 Å². The van der Waals surface area contributed by atoms with Gasteiger partial charge in [-0.2, -0.15) is 0 Å². The summed E-state index contributed by atoms with van der Waals surface area (Å²) in [6, 6.07) is 5.90. The Morgan fingerprint density at radius 1 is 1.00 bits per heavy atom. The zero-order chi connectivity index (χ0) is 13.3. The highest BCUT2D eigenvalue weighted by Gasteiger charge is 2.15. The number of aromatic nitrogens is 1. The lowest BCUT2D eigenvalue weighted by atomic mass is 10.0. The summed E-state index contributed by atoms with van der Waals surface area (Å²) in [4.78, 5) is 24.5. The molecule has 1 heterocycles. The van der Waals surface area contributed by atoms with Crippen LogP contribution in [0.1, 0.15) is 10.5 Å². The Labute approximate surface area is 117 Å². The smallest absolute Gasteiger partial charge is 0.248 e. The molecule has 1 aromatic carbocycles. The number of nitrogens with one attached hydrogen (secondary N) is 1. The van der Waals surface area contributed by atoms with Gasteiger partial charge in [0.25, 0.3) is 0 Å². The van der Waals surface area contributed by atoms with E-state index in [4.69, 9.17) is 34.8 Å². The predicted octanol–water partition coefficient (Wildman–Crippen LogP) is 3.81. The van der Waals surface area contributed by atoms with E-state index in [9.17, 15) is 9.59 Å². The molecule has 0 spiro atoms. The Morgan fingerprint density at radius 2 is 1.67 bits per heavy atom. The lowest BCUT2D eigenvalue weighted by Gasteiger charge is -2.10. The van der Waals surface area contributed by atoms with Gasteiger partial charge in [-0.15, -0.1) is 0 Å². The van der Waals surface area contributed by atoms with Crippen LogP contribution >= 0.6 is 34.8 Å². The minimum absolute atomic E-state index is 0.105. The lowest BCUT2D eigenvalue weighted by Crippen LogP contribution is -2.08. The first-order chi connectivity index (χ1) is 8.54. The number of hydrogen-bond donors (Lipinski definition) is 1. The van der Waals surface area contributed by atoms with Crippen molar-refractivity contribution in [3.05, 3.63) is 55.4 Å². The molecular formula is C12H6Cl3NO2. The molecule has 0 aliphatic rings. The van der Waals surface area contributed by atoms with Crippen LogP contribution in [-0.4, -0.2) is 11.3 Å². The quantitative estimate of drug-likeness (QED) is 0.677. The SMILES string of the molecule is O=Cc1[nH]c(=O)ccc1-c1c(Cl)ccc(Cl)c1Cl. The first-order valence-corrected chi connectivity index (χ1v) is 6.00. The van der Waals surface area contributed by atoms with Crippen molar-refractivity contribution in [1.29, 1.82) is 0 Å². The fourth-order valence-electron chi connectivity index (χ4n) is 1.58. The van der Waals surface area contributed by atoms with Gasteiger partial charge in [-0.3, -0.25) is 9.59 Å². The molecule has 6 heteroatoms. The third-order valence-corrected chi connectivity index (χ3v) is 3.50. The van der Waals surface area contributed by atoms with Crippen molar-refractivity contribution < 1.29 is 4.79 Å². The van der Waals surface area contributed by atoms with Crippen molar-refractivity contribution in [2.24, 2.45) is 0 Å². The molecule has 2 aromatic rings. The van der Waals surface area contributed by atoms with Crippen molar-refractivity contribution in [2.75, 3.05) is 0 Å². The Morgan fingerprint density at radius 3 is 2.33 bits per heavy atom. The molecule has 2 rings (SSSR count). The summed E-state index contributed by atoms with van der Waals surface area (Å²) in [6.45, 7) is 0. The van der Waals surface area contributed by atoms with E-state index in [0.29, 0.717) is 27.5 Å². The Balaban J connectivity index is 2.81. The molecule has 0 saturated carbocycles. The Kier molecular flexibility index (Phi) is 3.76. The highest BCUT2D eigenvalue weighted by Crippen LogP contribution is 2.39. The number of aldehydes is 1. The van der Waals surface area contributed by atoms with E-state index in [1.165, 1.54) is 12.1 Å². The molecule has 0 atom stereocenters. The van der Waals surface area contributed by atoms with E-state index in [-0.39, 0.29) is 16.3 Å². The van der Waals surface area contributed by atoms with Crippen LogP contribution in [0.5, 0.6) is 0 Å². The largest absolute Gasteiger partial charge is 0.319 e. The van der Waals surface area contributed by atoms with Crippen molar-refractivity contribution in [3.63, 3.8) is 0 Å². The summed E-state index contributed by atoms with van der Waals surface area (Å²) in [7, 11) is 0. The normalized spacial score (nSPS) is 10.4. The van der Waals surface area contributed by atoms with Crippen LogP contribution < -0.4 is 5.56 Å². The van der Waals surface area contributed by atoms with E-state index in [0.717, 1.165) is 0 Å². The number of carbonyl (C=O) groups is 1. The second kappa shape index (κ2) is 5.14.